The van der Waals surface area contributed by atoms with Gasteiger partial charge >= 0.3 is 0 Å². The number of carbonyl (C=O) groups excluding carboxylic acids is 3. The summed E-state index contributed by atoms with van der Waals surface area (Å²) >= 11 is 1.34. The second-order valence-corrected chi connectivity index (χ2v) is 13.0. The van der Waals surface area contributed by atoms with Gasteiger partial charge < -0.3 is 25.1 Å². The van der Waals surface area contributed by atoms with E-state index >= 15 is 0 Å². The van der Waals surface area contributed by atoms with E-state index in [1.807, 2.05) is 51.7 Å². The predicted octanol–water partition coefficient (Wildman–Crippen LogP) is 3.95. The maximum Gasteiger partial charge on any atom is 0.273 e. The fourth-order valence-corrected chi connectivity index (χ4v) is 6.49. The maximum absolute atomic E-state index is 13.5. The number of oxazole rings is 1. The van der Waals surface area contributed by atoms with Crippen LogP contribution in [0.15, 0.2) is 28.0 Å². The molecule has 3 amide bonds. The number of benzene rings is 1. The maximum atomic E-state index is 13.5. The Bertz CT molecular complexity index is 1500. The largest absolute Gasteiger partial charge is 0.493 e. The second-order valence-electron chi connectivity index (χ2n) is 12.1. The van der Waals surface area contributed by atoms with Crippen LogP contribution in [-0.4, -0.2) is 58.3 Å². The van der Waals surface area contributed by atoms with Crippen LogP contribution in [0.25, 0.3) is 0 Å². The number of aromatic nitrogens is 2. The van der Waals surface area contributed by atoms with Crippen LogP contribution < -0.4 is 20.7 Å². The molecule has 1 aromatic carbocycles. The lowest BCUT2D eigenvalue weighted by Gasteiger charge is -2.27. The van der Waals surface area contributed by atoms with E-state index in [4.69, 9.17) is 9.15 Å². The first-order chi connectivity index (χ1) is 20.5. The molecular weight excluding hydrogens is 568 g/mol. The number of ether oxygens (including phenoxy) is 1. The number of amides is 3. The number of aryl methyl sites for hydroxylation is 1. The SMILES string of the molecule is Cc1oc2nc1C(=O)N[C@H](C)CN(Cc1ccc3c(c1)CCO3)CC(=O)N[C@@H](C(C)C)c1nc(cs1)C(=O)N[C@@H]2C(C)C. The van der Waals surface area contributed by atoms with Gasteiger partial charge in [0.1, 0.15) is 28.3 Å². The van der Waals surface area contributed by atoms with E-state index in [9.17, 15) is 14.4 Å². The first-order valence-corrected chi connectivity index (χ1v) is 15.7. The number of hydrogen-bond acceptors (Lipinski definition) is 9. The average molecular weight is 609 g/mol. The monoisotopic (exact) mass is 608 g/mol. The topological polar surface area (TPSA) is 139 Å². The van der Waals surface area contributed by atoms with Crippen LogP contribution in [0.4, 0.5) is 0 Å². The summed E-state index contributed by atoms with van der Waals surface area (Å²) in [5.41, 5.74) is 2.64. The minimum Gasteiger partial charge on any atom is -0.493 e. The Kier molecular flexibility index (Phi) is 9.16. The fraction of sp³-hybridized carbons (Fsp3) is 0.516. The molecule has 43 heavy (non-hydrogen) atoms. The summed E-state index contributed by atoms with van der Waals surface area (Å²) in [4.78, 5) is 51.2. The molecule has 11 nitrogen and oxygen atoms in total. The number of hydrogen-bond donors (Lipinski definition) is 3. The lowest BCUT2D eigenvalue weighted by molar-refractivity contribution is -0.123. The lowest BCUT2D eigenvalue weighted by atomic mass is 10.0. The number of rotatable bonds is 4. The zero-order chi connectivity index (χ0) is 30.8. The predicted molar refractivity (Wildman–Crippen MR) is 162 cm³/mol. The molecular formula is C31H40N6O5S. The Morgan fingerprint density at radius 3 is 2.53 bits per heavy atom. The zero-order valence-corrected chi connectivity index (χ0v) is 26.3. The van der Waals surface area contributed by atoms with Crippen molar-refractivity contribution in [3.05, 3.63) is 62.8 Å². The molecule has 0 saturated heterocycles. The van der Waals surface area contributed by atoms with Gasteiger partial charge in [0.15, 0.2) is 5.69 Å². The number of fused-ring (bicyclic) bond motifs is 5. The molecule has 0 unspecified atom stereocenters. The molecule has 2 aliphatic heterocycles. The summed E-state index contributed by atoms with van der Waals surface area (Å²) in [7, 11) is 0. The normalized spacial score (nSPS) is 22.0. The van der Waals surface area contributed by atoms with Crippen molar-refractivity contribution in [3.63, 3.8) is 0 Å². The molecule has 0 fully saturated rings. The Hall–Kier alpha value is -3.77. The van der Waals surface area contributed by atoms with Crippen LogP contribution in [0.5, 0.6) is 5.75 Å². The third-order valence-electron chi connectivity index (χ3n) is 7.69. The smallest absolute Gasteiger partial charge is 0.273 e. The molecule has 230 valence electrons. The van der Waals surface area contributed by atoms with Crippen LogP contribution in [0.3, 0.4) is 0 Å². The van der Waals surface area contributed by atoms with E-state index in [0.29, 0.717) is 30.5 Å². The fourth-order valence-electron chi connectivity index (χ4n) is 5.47. The minimum atomic E-state index is -0.567. The standard InChI is InChI=1S/C31H40N6O5S/c1-16(2)25-30-36-27(19(6)42-30)29(40)32-18(5)12-37(13-20-7-8-23-21(11-20)9-10-41-23)14-24(38)34-26(17(3)4)31-33-22(15-43-31)28(39)35-25/h7-8,11,15-18,25-26H,9-10,12-14H2,1-6H3,(H,32,40)(H,34,38)(H,35,39)/t18-,25-,26+/m1/s1. The molecule has 4 heterocycles. The molecule has 3 N–H and O–H groups in total. The third kappa shape index (κ3) is 7.07. The van der Waals surface area contributed by atoms with Crippen molar-refractivity contribution in [1.82, 2.24) is 30.8 Å². The third-order valence-corrected chi connectivity index (χ3v) is 8.62. The first kappa shape index (κ1) is 30.7. The summed E-state index contributed by atoms with van der Waals surface area (Å²) in [5.74, 6) is 0.589. The van der Waals surface area contributed by atoms with Crippen LogP contribution in [0, 0.1) is 18.8 Å². The van der Waals surface area contributed by atoms with Crippen LogP contribution in [0.1, 0.15) is 95.5 Å². The van der Waals surface area contributed by atoms with Gasteiger partial charge in [0.05, 0.1) is 19.2 Å². The van der Waals surface area contributed by atoms with Crippen molar-refractivity contribution in [2.24, 2.45) is 11.8 Å². The zero-order valence-electron chi connectivity index (χ0n) is 25.5. The highest BCUT2D eigenvalue weighted by molar-refractivity contribution is 7.09. The minimum absolute atomic E-state index is 0.0390. The van der Waals surface area contributed by atoms with E-state index < -0.39 is 6.04 Å². The summed E-state index contributed by atoms with van der Waals surface area (Å²) in [5, 5.41) is 11.5. The molecule has 0 spiro atoms. The molecule has 2 aromatic heterocycles. The van der Waals surface area contributed by atoms with Gasteiger partial charge in [-0.1, -0.05) is 39.8 Å². The van der Waals surface area contributed by atoms with E-state index in [-0.39, 0.29) is 65.5 Å². The van der Waals surface area contributed by atoms with Gasteiger partial charge in [-0.05, 0) is 42.9 Å². The van der Waals surface area contributed by atoms with Gasteiger partial charge in [0.25, 0.3) is 11.8 Å². The summed E-state index contributed by atoms with van der Waals surface area (Å²) < 4.78 is 11.6. The number of thiazole rings is 1. The van der Waals surface area contributed by atoms with Crippen molar-refractivity contribution in [2.45, 2.75) is 72.6 Å². The molecule has 3 atom stereocenters. The van der Waals surface area contributed by atoms with Gasteiger partial charge in [-0.15, -0.1) is 11.3 Å². The highest BCUT2D eigenvalue weighted by atomic mass is 32.1. The molecule has 12 heteroatoms. The lowest BCUT2D eigenvalue weighted by Crippen LogP contribution is -2.46. The average Bonchev–Trinajstić information content (AvgIpc) is 3.69. The van der Waals surface area contributed by atoms with Crippen molar-refractivity contribution in [3.8, 4) is 5.75 Å². The van der Waals surface area contributed by atoms with E-state index in [2.05, 4.69) is 32.0 Å². The van der Waals surface area contributed by atoms with E-state index in [1.54, 1.807) is 12.3 Å². The molecule has 3 aromatic rings. The Morgan fingerprint density at radius 1 is 1.02 bits per heavy atom. The van der Waals surface area contributed by atoms with Crippen LogP contribution in [-0.2, 0) is 17.8 Å². The van der Waals surface area contributed by atoms with Gasteiger partial charge in [0.2, 0.25) is 11.8 Å². The van der Waals surface area contributed by atoms with Crippen molar-refractivity contribution in [2.75, 3.05) is 19.7 Å². The highest BCUT2D eigenvalue weighted by Crippen LogP contribution is 2.29. The van der Waals surface area contributed by atoms with Crippen molar-refractivity contribution in [1.29, 1.82) is 0 Å². The number of nitrogens with zero attached hydrogens (tertiary/aromatic N) is 3. The molecule has 5 rings (SSSR count). The van der Waals surface area contributed by atoms with Crippen LogP contribution in [0.2, 0.25) is 0 Å². The van der Waals surface area contributed by atoms with Crippen molar-refractivity contribution >= 4 is 29.1 Å². The Morgan fingerprint density at radius 2 is 1.79 bits per heavy atom. The first-order valence-electron chi connectivity index (χ1n) is 14.8. The second kappa shape index (κ2) is 12.8. The van der Waals surface area contributed by atoms with Gasteiger partial charge in [0, 0.05) is 30.9 Å². The van der Waals surface area contributed by atoms with Crippen molar-refractivity contribution < 1.29 is 23.5 Å². The Labute approximate surface area is 255 Å². The van der Waals surface area contributed by atoms with E-state index in [1.165, 1.54) is 11.3 Å². The summed E-state index contributed by atoms with van der Waals surface area (Å²) in [6.07, 6.45) is 0.858. The van der Waals surface area contributed by atoms with Gasteiger partial charge in [-0.3, -0.25) is 19.3 Å². The van der Waals surface area contributed by atoms with Gasteiger partial charge in [-0.25, -0.2) is 9.97 Å². The van der Waals surface area contributed by atoms with Crippen LogP contribution >= 0.6 is 11.3 Å². The molecule has 0 aliphatic carbocycles. The quantitative estimate of drug-likeness (QED) is 0.405. The van der Waals surface area contributed by atoms with Gasteiger partial charge in [-0.2, -0.15) is 0 Å². The summed E-state index contributed by atoms with van der Waals surface area (Å²) in [6.45, 7) is 13.2. The summed E-state index contributed by atoms with van der Waals surface area (Å²) in [6, 6.07) is 4.88. The number of nitrogens with one attached hydrogen (secondary N) is 3. The molecule has 0 saturated carbocycles. The molecule has 4 bridgehead atoms. The highest BCUT2D eigenvalue weighted by Gasteiger charge is 2.30. The molecule has 2 aliphatic rings. The number of carbonyl (C=O) groups is 3. The van der Waals surface area contributed by atoms with E-state index in [0.717, 1.165) is 23.3 Å². The Balaban J connectivity index is 1.47. The molecule has 0 radical (unpaired) electrons.